The first kappa shape index (κ1) is 20.6. The second kappa shape index (κ2) is 8.46. The van der Waals surface area contributed by atoms with Gasteiger partial charge in [-0.25, -0.2) is 13.4 Å². The molecule has 0 saturated carbocycles. The van der Waals surface area contributed by atoms with Crippen LogP contribution in [-0.2, 0) is 17.1 Å². The van der Waals surface area contributed by atoms with Crippen molar-refractivity contribution < 1.29 is 17.9 Å². The molecular formula is C20H22N4O4S. The number of rotatable bonds is 7. The van der Waals surface area contributed by atoms with Crippen LogP contribution in [-0.4, -0.2) is 38.0 Å². The average molecular weight is 414 g/mol. The smallest absolute Gasteiger partial charge is 0.251 e. The first-order valence-corrected chi connectivity index (χ1v) is 10.3. The molecule has 2 N–H and O–H groups in total. The highest BCUT2D eigenvalue weighted by atomic mass is 32.2. The second-order valence-electron chi connectivity index (χ2n) is 6.33. The molecule has 1 unspecified atom stereocenters. The van der Waals surface area contributed by atoms with Crippen LogP contribution >= 0.6 is 0 Å². The number of carbonyl (C=O) groups excluding carboxylic acids is 1. The van der Waals surface area contributed by atoms with Crippen molar-refractivity contribution in [2.75, 3.05) is 14.2 Å². The summed E-state index contributed by atoms with van der Waals surface area (Å²) >= 11 is 0. The lowest BCUT2D eigenvalue weighted by Crippen LogP contribution is -2.31. The lowest BCUT2D eigenvalue weighted by molar-refractivity contribution is 0.0963. The molecule has 3 aromatic rings. The maximum atomic E-state index is 13.0. The molecule has 0 aliphatic rings. The van der Waals surface area contributed by atoms with Gasteiger partial charge in [-0.3, -0.25) is 4.79 Å². The number of aromatic nitrogens is 2. The first-order chi connectivity index (χ1) is 13.9. The van der Waals surface area contributed by atoms with E-state index in [1.807, 2.05) is 0 Å². The Kier molecular flexibility index (Phi) is 6.00. The molecule has 3 rings (SSSR count). The Hall–Kier alpha value is -3.17. The van der Waals surface area contributed by atoms with Gasteiger partial charge < -0.3 is 14.6 Å². The Bertz CT molecular complexity index is 1110. The summed E-state index contributed by atoms with van der Waals surface area (Å²) in [6.45, 7) is 0. The topological polar surface area (TPSA) is 102 Å². The summed E-state index contributed by atoms with van der Waals surface area (Å²) < 4.78 is 35.8. The molecule has 0 aliphatic carbocycles. The van der Waals surface area contributed by atoms with Gasteiger partial charge in [0.05, 0.1) is 12.0 Å². The minimum atomic E-state index is -3.90. The first-order valence-electron chi connectivity index (χ1n) is 8.81. The van der Waals surface area contributed by atoms with Gasteiger partial charge >= 0.3 is 0 Å². The van der Waals surface area contributed by atoms with Crippen molar-refractivity contribution in [3.63, 3.8) is 0 Å². The van der Waals surface area contributed by atoms with Crippen molar-refractivity contribution in [1.82, 2.24) is 19.6 Å². The largest absolute Gasteiger partial charge is 0.497 e. The van der Waals surface area contributed by atoms with Crippen molar-refractivity contribution in [2.45, 2.75) is 10.9 Å². The summed E-state index contributed by atoms with van der Waals surface area (Å²) in [4.78, 5) is 16.1. The molecule has 1 aromatic heterocycles. The normalized spacial score (nSPS) is 12.4. The van der Waals surface area contributed by atoms with Crippen molar-refractivity contribution in [3.05, 3.63) is 77.9 Å². The molecule has 29 heavy (non-hydrogen) atoms. The third kappa shape index (κ3) is 4.47. The molecule has 8 nitrogen and oxygen atoms in total. The highest BCUT2D eigenvalue weighted by Gasteiger charge is 2.26. The SMILES string of the molecule is CNC(=O)c1ccc(S(=O)(=O)NC(c2cccc(OC)c2)c2nccn2C)cc1. The molecule has 0 fully saturated rings. The Morgan fingerprint density at radius 1 is 1.17 bits per heavy atom. The maximum absolute atomic E-state index is 13.0. The molecule has 9 heteroatoms. The summed E-state index contributed by atoms with van der Waals surface area (Å²) in [5.41, 5.74) is 1.06. The highest BCUT2D eigenvalue weighted by molar-refractivity contribution is 7.89. The number of nitrogens with one attached hydrogen (secondary N) is 2. The van der Waals surface area contributed by atoms with Crippen molar-refractivity contribution >= 4 is 15.9 Å². The van der Waals surface area contributed by atoms with Gasteiger partial charge in [0.25, 0.3) is 5.91 Å². The van der Waals surface area contributed by atoms with Crippen LogP contribution in [0.1, 0.15) is 27.8 Å². The molecule has 152 valence electrons. The van der Waals surface area contributed by atoms with Crippen LogP contribution in [0.15, 0.2) is 65.8 Å². The minimum absolute atomic E-state index is 0.0484. The molecular weight excluding hydrogens is 392 g/mol. The van der Waals surface area contributed by atoms with E-state index in [-0.39, 0.29) is 10.8 Å². The Labute approximate surface area is 169 Å². The van der Waals surface area contributed by atoms with Crippen LogP contribution in [0.2, 0.25) is 0 Å². The van der Waals surface area contributed by atoms with Gasteiger partial charge in [-0.1, -0.05) is 12.1 Å². The standard InChI is InChI=1S/C20H22N4O4S/c1-21-20(25)14-7-9-17(10-8-14)29(26,27)23-18(19-22-11-12-24(19)2)15-5-4-6-16(13-15)28-3/h4-13,18,23H,1-3H3,(H,21,25). The fraction of sp³-hybridized carbons (Fsp3) is 0.200. The molecule has 1 atom stereocenters. The van der Waals surface area contributed by atoms with Gasteiger partial charge in [0.15, 0.2) is 0 Å². The van der Waals surface area contributed by atoms with Gasteiger partial charge in [0.2, 0.25) is 10.0 Å². The second-order valence-corrected chi connectivity index (χ2v) is 8.04. The lowest BCUT2D eigenvalue weighted by atomic mass is 10.1. The summed E-state index contributed by atoms with van der Waals surface area (Å²) in [5.74, 6) is 0.851. The molecule has 1 heterocycles. The van der Waals surface area contributed by atoms with E-state index < -0.39 is 16.1 Å². The van der Waals surface area contributed by atoms with E-state index in [9.17, 15) is 13.2 Å². The molecule has 2 aromatic carbocycles. The molecule has 0 aliphatic heterocycles. The monoisotopic (exact) mass is 414 g/mol. The van der Waals surface area contributed by atoms with Crippen molar-refractivity contribution in [1.29, 1.82) is 0 Å². The third-order valence-electron chi connectivity index (χ3n) is 4.47. The number of hydrogen-bond acceptors (Lipinski definition) is 5. The van der Waals surface area contributed by atoms with E-state index in [1.165, 1.54) is 31.3 Å². The van der Waals surface area contributed by atoms with Crippen LogP contribution in [0.3, 0.4) is 0 Å². The Morgan fingerprint density at radius 2 is 1.90 bits per heavy atom. The Morgan fingerprint density at radius 3 is 2.48 bits per heavy atom. The summed E-state index contributed by atoms with van der Waals surface area (Å²) in [7, 11) is 0.961. The number of hydrogen-bond donors (Lipinski definition) is 2. The highest BCUT2D eigenvalue weighted by Crippen LogP contribution is 2.26. The summed E-state index contributed by atoms with van der Waals surface area (Å²) in [6, 6.07) is 12.1. The van der Waals surface area contributed by atoms with E-state index in [4.69, 9.17) is 4.74 Å². The van der Waals surface area contributed by atoms with Crippen LogP contribution in [0, 0.1) is 0 Å². The van der Waals surface area contributed by atoms with Gasteiger partial charge in [0, 0.05) is 32.1 Å². The van der Waals surface area contributed by atoms with Crippen LogP contribution in [0.25, 0.3) is 0 Å². The number of methoxy groups -OCH3 is 1. The lowest BCUT2D eigenvalue weighted by Gasteiger charge is -2.20. The summed E-state index contributed by atoms with van der Waals surface area (Å²) in [5, 5.41) is 2.50. The number of imidazole rings is 1. The summed E-state index contributed by atoms with van der Waals surface area (Å²) in [6.07, 6.45) is 3.35. The van der Waals surface area contributed by atoms with Crippen LogP contribution in [0.4, 0.5) is 0 Å². The predicted octanol–water partition coefficient (Wildman–Crippen LogP) is 1.86. The minimum Gasteiger partial charge on any atom is -0.497 e. The van der Waals surface area contributed by atoms with E-state index in [1.54, 1.807) is 55.4 Å². The zero-order valence-corrected chi connectivity index (χ0v) is 17.1. The van der Waals surface area contributed by atoms with Gasteiger partial charge in [-0.05, 0) is 42.0 Å². The number of benzene rings is 2. The quantitative estimate of drug-likeness (QED) is 0.614. The van der Waals surface area contributed by atoms with Crippen molar-refractivity contribution in [3.8, 4) is 5.75 Å². The zero-order valence-electron chi connectivity index (χ0n) is 16.3. The van der Waals surface area contributed by atoms with Crippen LogP contribution in [0.5, 0.6) is 5.75 Å². The molecule has 1 amide bonds. The molecule has 0 radical (unpaired) electrons. The van der Waals surface area contributed by atoms with E-state index in [0.717, 1.165) is 0 Å². The fourth-order valence-electron chi connectivity index (χ4n) is 2.90. The number of nitrogens with zero attached hydrogens (tertiary/aromatic N) is 2. The number of sulfonamides is 1. The van der Waals surface area contributed by atoms with E-state index >= 15 is 0 Å². The Balaban J connectivity index is 1.98. The number of ether oxygens (including phenoxy) is 1. The van der Waals surface area contributed by atoms with Crippen molar-refractivity contribution in [2.24, 2.45) is 7.05 Å². The van der Waals surface area contributed by atoms with Gasteiger partial charge in [0.1, 0.15) is 17.6 Å². The zero-order chi connectivity index (χ0) is 21.0. The van der Waals surface area contributed by atoms with E-state index in [0.29, 0.717) is 22.7 Å². The van der Waals surface area contributed by atoms with Gasteiger partial charge in [-0.2, -0.15) is 4.72 Å². The average Bonchev–Trinajstić information content (AvgIpc) is 3.17. The molecule has 0 saturated heterocycles. The number of carbonyl (C=O) groups is 1. The van der Waals surface area contributed by atoms with Gasteiger partial charge in [-0.15, -0.1) is 0 Å². The number of amides is 1. The predicted molar refractivity (Wildman–Crippen MR) is 108 cm³/mol. The number of aryl methyl sites for hydroxylation is 1. The fourth-order valence-corrected chi connectivity index (χ4v) is 4.08. The molecule has 0 bridgehead atoms. The van der Waals surface area contributed by atoms with E-state index in [2.05, 4.69) is 15.0 Å². The molecule has 0 spiro atoms. The third-order valence-corrected chi connectivity index (χ3v) is 5.91. The van der Waals surface area contributed by atoms with Crippen LogP contribution < -0.4 is 14.8 Å². The maximum Gasteiger partial charge on any atom is 0.251 e.